The summed E-state index contributed by atoms with van der Waals surface area (Å²) in [7, 11) is 0. The number of thiazole rings is 1. The average molecular weight is 268 g/mol. The number of aromatic carboxylic acids is 1. The Morgan fingerprint density at radius 2 is 1.83 bits per heavy atom. The lowest BCUT2D eigenvalue weighted by atomic mass is 10.2. The molecule has 1 aliphatic rings. The van der Waals surface area contributed by atoms with Crippen molar-refractivity contribution in [2.45, 2.75) is 32.6 Å². The fraction of sp³-hybridized carbons (Fsp3) is 0.583. The lowest BCUT2D eigenvalue weighted by Gasteiger charge is -2.18. The van der Waals surface area contributed by atoms with Crippen LogP contribution in [-0.2, 0) is 0 Å². The molecule has 1 aromatic rings. The molecular weight excluding hydrogens is 252 g/mol. The van der Waals surface area contributed by atoms with E-state index in [9.17, 15) is 9.59 Å². The number of aromatic nitrogens is 1. The molecule has 6 heteroatoms. The number of Topliss-reactive ketones (excluding diaryl/α,β-unsaturated/α-hetero) is 1. The van der Waals surface area contributed by atoms with E-state index in [-0.39, 0.29) is 16.4 Å². The van der Waals surface area contributed by atoms with Crippen molar-refractivity contribution in [2.24, 2.45) is 0 Å². The first-order chi connectivity index (χ1) is 8.59. The Balaban J connectivity index is 2.30. The number of carbonyl (C=O) groups excluding carboxylic acids is 1. The van der Waals surface area contributed by atoms with Gasteiger partial charge in [-0.05, 0) is 12.8 Å². The number of carboxylic acids is 1. The van der Waals surface area contributed by atoms with Crippen LogP contribution in [0.25, 0.3) is 0 Å². The van der Waals surface area contributed by atoms with Crippen LogP contribution in [0, 0.1) is 0 Å². The van der Waals surface area contributed by atoms with Crippen LogP contribution in [0.3, 0.4) is 0 Å². The fourth-order valence-corrected chi connectivity index (χ4v) is 3.09. The largest absolute Gasteiger partial charge is 0.476 e. The molecule has 98 valence electrons. The van der Waals surface area contributed by atoms with Crippen LogP contribution in [0.2, 0.25) is 0 Å². The Labute approximate surface area is 109 Å². The third-order valence-corrected chi connectivity index (χ3v) is 4.23. The molecule has 2 heterocycles. The number of nitrogens with zero attached hydrogens (tertiary/aromatic N) is 2. The topological polar surface area (TPSA) is 70.5 Å². The van der Waals surface area contributed by atoms with E-state index in [1.165, 1.54) is 31.1 Å². The second kappa shape index (κ2) is 5.48. The smallest absolute Gasteiger partial charge is 0.356 e. The number of anilines is 1. The molecule has 0 spiro atoms. The maximum absolute atomic E-state index is 11.4. The molecule has 0 aliphatic carbocycles. The maximum Gasteiger partial charge on any atom is 0.356 e. The fourth-order valence-electron chi connectivity index (χ4n) is 2.09. The van der Waals surface area contributed by atoms with Crippen molar-refractivity contribution in [3.8, 4) is 0 Å². The Hall–Kier alpha value is -1.43. The van der Waals surface area contributed by atoms with Gasteiger partial charge in [-0.3, -0.25) is 4.79 Å². The predicted molar refractivity (Wildman–Crippen MR) is 69.8 cm³/mol. The highest BCUT2D eigenvalue weighted by Gasteiger charge is 2.23. The van der Waals surface area contributed by atoms with Crippen LogP contribution < -0.4 is 4.90 Å². The summed E-state index contributed by atoms with van der Waals surface area (Å²) >= 11 is 1.20. The van der Waals surface area contributed by atoms with Gasteiger partial charge in [0.05, 0.1) is 0 Å². The molecule has 0 amide bonds. The Morgan fingerprint density at radius 3 is 2.28 bits per heavy atom. The lowest BCUT2D eigenvalue weighted by Crippen LogP contribution is -2.23. The first kappa shape index (κ1) is 13.0. The van der Waals surface area contributed by atoms with Gasteiger partial charge in [-0.2, -0.15) is 0 Å². The molecule has 18 heavy (non-hydrogen) atoms. The van der Waals surface area contributed by atoms with E-state index in [2.05, 4.69) is 9.88 Å². The Bertz CT molecular complexity index is 430. The van der Waals surface area contributed by atoms with Crippen molar-refractivity contribution < 1.29 is 14.7 Å². The van der Waals surface area contributed by atoms with Gasteiger partial charge >= 0.3 is 5.97 Å². The molecule has 1 N–H and O–H groups in total. The summed E-state index contributed by atoms with van der Waals surface area (Å²) in [5, 5.41) is 9.72. The zero-order chi connectivity index (χ0) is 13.1. The molecule has 0 aromatic carbocycles. The normalized spacial score (nSPS) is 16.4. The number of hydrogen-bond acceptors (Lipinski definition) is 5. The molecule has 1 fully saturated rings. The number of ketones is 1. The van der Waals surface area contributed by atoms with Crippen molar-refractivity contribution in [1.29, 1.82) is 0 Å². The Morgan fingerprint density at radius 1 is 1.22 bits per heavy atom. The highest BCUT2D eigenvalue weighted by atomic mass is 32.1. The van der Waals surface area contributed by atoms with E-state index in [0.29, 0.717) is 5.13 Å². The molecule has 1 saturated heterocycles. The van der Waals surface area contributed by atoms with Crippen molar-refractivity contribution in [1.82, 2.24) is 4.98 Å². The van der Waals surface area contributed by atoms with E-state index in [4.69, 9.17) is 5.11 Å². The average Bonchev–Trinajstić information content (AvgIpc) is 2.59. The number of carbonyl (C=O) groups is 2. The molecule has 0 atom stereocenters. The zero-order valence-corrected chi connectivity index (χ0v) is 11.1. The first-order valence-corrected chi connectivity index (χ1v) is 6.91. The van der Waals surface area contributed by atoms with E-state index in [1.54, 1.807) is 0 Å². The molecule has 0 saturated carbocycles. The second-order valence-corrected chi connectivity index (χ2v) is 5.41. The first-order valence-electron chi connectivity index (χ1n) is 6.09. The summed E-state index contributed by atoms with van der Waals surface area (Å²) in [5.41, 5.74) is -0.105. The van der Waals surface area contributed by atoms with Gasteiger partial charge in [0.25, 0.3) is 0 Å². The highest BCUT2D eigenvalue weighted by molar-refractivity contribution is 7.17. The molecule has 1 aromatic heterocycles. The molecule has 1 aliphatic heterocycles. The van der Waals surface area contributed by atoms with E-state index in [0.717, 1.165) is 25.9 Å². The molecule has 0 radical (unpaired) electrons. The van der Waals surface area contributed by atoms with Gasteiger partial charge < -0.3 is 10.0 Å². The van der Waals surface area contributed by atoms with Crippen LogP contribution in [0.15, 0.2) is 0 Å². The number of hydrogen-bond donors (Lipinski definition) is 1. The second-order valence-electron chi connectivity index (χ2n) is 4.44. The lowest BCUT2D eigenvalue weighted by molar-refractivity contribution is 0.0687. The molecule has 2 rings (SSSR count). The summed E-state index contributed by atoms with van der Waals surface area (Å²) in [6, 6.07) is 0. The summed E-state index contributed by atoms with van der Waals surface area (Å²) in [4.78, 5) is 29.0. The summed E-state index contributed by atoms with van der Waals surface area (Å²) in [6.07, 6.45) is 4.59. The van der Waals surface area contributed by atoms with Crippen molar-refractivity contribution in [2.75, 3.05) is 18.0 Å². The van der Waals surface area contributed by atoms with Crippen molar-refractivity contribution in [3.05, 3.63) is 10.6 Å². The molecule has 0 unspecified atom stereocenters. The van der Waals surface area contributed by atoms with E-state index < -0.39 is 5.97 Å². The predicted octanol–water partition coefficient (Wildman–Crippen LogP) is 2.42. The Kier molecular flexibility index (Phi) is 3.96. The molecular formula is C12H16N2O3S. The minimum Gasteiger partial charge on any atom is -0.476 e. The van der Waals surface area contributed by atoms with Crippen LogP contribution in [0.1, 0.15) is 52.8 Å². The van der Waals surface area contributed by atoms with Crippen LogP contribution >= 0.6 is 11.3 Å². The summed E-state index contributed by atoms with van der Waals surface area (Å²) in [6.45, 7) is 3.17. The van der Waals surface area contributed by atoms with Crippen LogP contribution in [-0.4, -0.2) is 34.9 Å². The summed E-state index contributed by atoms with van der Waals surface area (Å²) in [5.74, 6) is -1.36. The monoisotopic (exact) mass is 268 g/mol. The molecule has 0 bridgehead atoms. The standard InChI is InChI=1S/C12H16N2O3S/c1-8(15)10-9(11(16)17)13-12(18-10)14-6-4-2-3-5-7-14/h2-7H2,1H3,(H,16,17). The van der Waals surface area contributed by atoms with E-state index >= 15 is 0 Å². The highest BCUT2D eigenvalue weighted by Crippen LogP contribution is 2.28. The number of carboxylic acid groups (broad SMARTS) is 1. The van der Waals surface area contributed by atoms with Gasteiger partial charge in [0.1, 0.15) is 4.88 Å². The minimum atomic E-state index is -1.13. The van der Waals surface area contributed by atoms with Crippen LogP contribution in [0.5, 0.6) is 0 Å². The van der Waals surface area contributed by atoms with Crippen molar-refractivity contribution >= 4 is 28.2 Å². The van der Waals surface area contributed by atoms with Gasteiger partial charge in [0, 0.05) is 20.0 Å². The summed E-state index contributed by atoms with van der Waals surface area (Å²) < 4.78 is 0. The number of rotatable bonds is 3. The third-order valence-electron chi connectivity index (χ3n) is 3.01. The molecule has 5 nitrogen and oxygen atoms in total. The zero-order valence-electron chi connectivity index (χ0n) is 10.3. The SMILES string of the molecule is CC(=O)c1sc(N2CCCCCC2)nc1C(=O)O. The quantitative estimate of drug-likeness (QED) is 0.852. The van der Waals surface area contributed by atoms with E-state index in [1.807, 2.05) is 0 Å². The van der Waals surface area contributed by atoms with Crippen LogP contribution in [0.4, 0.5) is 5.13 Å². The van der Waals surface area contributed by atoms with Crippen molar-refractivity contribution in [3.63, 3.8) is 0 Å². The van der Waals surface area contributed by atoms with Gasteiger partial charge in [0.15, 0.2) is 16.6 Å². The minimum absolute atomic E-state index is 0.105. The van der Waals surface area contributed by atoms with Gasteiger partial charge in [-0.25, -0.2) is 9.78 Å². The third kappa shape index (κ3) is 2.69. The maximum atomic E-state index is 11.4. The van der Waals surface area contributed by atoms with Gasteiger partial charge in [0.2, 0.25) is 0 Å². The van der Waals surface area contributed by atoms with Gasteiger partial charge in [-0.15, -0.1) is 0 Å². The van der Waals surface area contributed by atoms with Gasteiger partial charge in [-0.1, -0.05) is 24.2 Å².